The minimum atomic E-state index is -5.06. The van der Waals surface area contributed by atoms with Gasteiger partial charge in [-0.2, -0.15) is 31.3 Å². The summed E-state index contributed by atoms with van der Waals surface area (Å²) >= 11 is 0. The van der Waals surface area contributed by atoms with E-state index in [0.29, 0.717) is 31.9 Å². The van der Waals surface area contributed by atoms with E-state index in [1.807, 2.05) is 6.92 Å². The molecule has 2 fully saturated rings. The maximum Gasteiger partial charge on any atom is 0.437 e. The monoisotopic (exact) mass is 578 g/mol. The lowest BCUT2D eigenvalue weighted by Gasteiger charge is -2.29. The van der Waals surface area contributed by atoms with Gasteiger partial charge in [0.25, 0.3) is 17.8 Å². The van der Waals surface area contributed by atoms with Crippen molar-refractivity contribution in [3.05, 3.63) is 29.8 Å². The number of hydrogen-bond acceptors (Lipinski definition) is 8. The molecule has 16 heteroatoms. The fourth-order valence-corrected chi connectivity index (χ4v) is 4.67. The Morgan fingerprint density at radius 2 is 1.77 bits per heavy atom. The highest BCUT2D eigenvalue weighted by atomic mass is 19.4. The van der Waals surface area contributed by atoms with Crippen molar-refractivity contribution in [2.45, 2.75) is 44.6 Å². The molecule has 220 valence electrons. The molecule has 0 radical (unpaired) electrons. The van der Waals surface area contributed by atoms with E-state index in [0.717, 1.165) is 17.7 Å². The zero-order chi connectivity index (χ0) is 29.2. The maximum absolute atomic E-state index is 13.6. The van der Waals surface area contributed by atoms with E-state index in [4.69, 9.17) is 4.42 Å². The number of piperidine rings is 1. The van der Waals surface area contributed by atoms with E-state index < -0.39 is 41.7 Å². The molecule has 4 heterocycles. The molecule has 2 N–H and O–H groups in total. The number of carbonyl (C=O) groups excluding carboxylic acids is 2. The minimum absolute atomic E-state index is 0.00760. The summed E-state index contributed by atoms with van der Waals surface area (Å²) in [5.41, 5.74) is -1.35. The van der Waals surface area contributed by atoms with Crippen LogP contribution in [-0.2, 0) is 11.0 Å². The second-order valence-corrected chi connectivity index (χ2v) is 9.83. The largest absolute Gasteiger partial charge is 0.437 e. The smallest absolute Gasteiger partial charge is 0.417 e. The fraction of sp³-hybridized carbons (Fsp3) is 0.583. The van der Waals surface area contributed by atoms with Crippen LogP contribution in [0.15, 0.2) is 22.7 Å². The van der Waals surface area contributed by atoms with E-state index in [1.54, 1.807) is 9.80 Å². The molecule has 2 unspecified atom stereocenters. The van der Waals surface area contributed by atoms with Crippen LogP contribution in [0.2, 0.25) is 0 Å². The molecular formula is C24H28F6N6O4. The summed E-state index contributed by atoms with van der Waals surface area (Å²) in [4.78, 5) is 36.7. The lowest BCUT2D eigenvalue weighted by atomic mass is 10.0. The van der Waals surface area contributed by atoms with Gasteiger partial charge in [-0.15, -0.1) is 0 Å². The highest BCUT2D eigenvalue weighted by Crippen LogP contribution is 2.35. The van der Waals surface area contributed by atoms with Gasteiger partial charge in [0, 0.05) is 39.3 Å². The molecule has 2 aromatic heterocycles. The van der Waals surface area contributed by atoms with Crippen LogP contribution in [0, 0.1) is 5.92 Å². The molecule has 0 aliphatic carbocycles. The predicted octanol–water partition coefficient (Wildman–Crippen LogP) is 3.54. The van der Waals surface area contributed by atoms with Crippen LogP contribution in [0.1, 0.15) is 42.4 Å². The third-order valence-electron chi connectivity index (χ3n) is 6.70. The van der Waals surface area contributed by atoms with E-state index >= 15 is 0 Å². The predicted molar refractivity (Wildman–Crippen MR) is 130 cm³/mol. The number of anilines is 3. The summed E-state index contributed by atoms with van der Waals surface area (Å²) in [7, 11) is 0. The molecule has 2 saturated heterocycles. The van der Waals surface area contributed by atoms with Gasteiger partial charge in [0.2, 0.25) is 11.9 Å². The van der Waals surface area contributed by atoms with E-state index in [9.17, 15) is 41.0 Å². The molecular weight excluding hydrogens is 550 g/mol. The SMILES string of the molecule is CC1CCCN(c2nc(C(F)(F)F)c(C(=O)Nc3ccc(N4CCCN(C(=O)C(O)C(F)(F)F)CC4)nc3)o2)C1. The summed E-state index contributed by atoms with van der Waals surface area (Å²) in [6, 6.07) is 2.61. The molecule has 0 saturated carbocycles. The molecule has 2 aliphatic heterocycles. The van der Waals surface area contributed by atoms with E-state index in [1.165, 1.54) is 18.3 Å². The van der Waals surface area contributed by atoms with Crippen molar-refractivity contribution < 1.29 is 45.5 Å². The van der Waals surface area contributed by atoms with Crippen LogP contribution in [-0.4, -0.2) is 83.3 Å². The second kappa shape index (κ2) is 11.5. The average molecular weight is 579 g/mol. The number of hydrogen-bond donors (Lipinski definition) is 2. The Balaban J connectivity index is 1.42. The molecule has 2 atom stereocenters. The number of nitrogens with one attached hydrogen (secondary N) is 1. The van der Waals surface area contributed by atoms with Crippen LogP contribution in [0.3, 0.4) is 0 Å². The fourth-order valence-electron chi connectivity index (χ4n) is 4.67. The summed E-state index contributed by atoms with van der Waals surface area (Å²) in [6.45, 7) is 3.26. The number of halogens is 6. The first-order chi connectivity index (χ1) is 18.7. The second-order valence-electron chi connectivity index (χ2n) is 9.83. The number of carbonyl (C=O) groups is 2. The Morgan fingerprint density at radius 3 is 2.40 bits per heavy atom. The number of aliphatic hydroxyl groups is 1. The lowest BCUT2D eigenvalue weighted by molar-refractivity contribution is -0.210. The van der Waals surface area contributed by atoms with Gasteiger partial charge < -0.3 is 29.5 Å². The van der Waals surface area contributed by atoms with Crippen molar-refractivity contribution in [1.82, 2.24) is 14.9 Å². The number of pyridine rings is 1. The number of amides is 2. The van der Waals surface area contributed by atoms with Crippen LogP contribution in [0.25, 0.3) is 0 Å². The van der Waals surface area contributed by atoms with Gasteiger partial charge in [0.05, 0.1) is 11.9 Å². The summed E-state index contributed by atoms with van der Waals surface area (Å²) in [5.74, 6) is -2.94. The van der Waals surface area contributed by atoms with E-state index in [-0.39, 0.29) is 37.3 Å². The number of rotatable bonds is 5. The zero-order valence-electron chi connectivity index (χ0n) is 21.4. The topological polar surface area (TPSA) is 115 Å². The van der Waals surface area contributed by atoms with Crippen LogP contribution in [0.5, 0.6) is 0 Å². The number of aliphatic hydroxyl groups excluding tert-OH is 1. The Kier molecular flexibility index (Phi) is 8.46. The quantitative estimate of drug-likeness (QED) is 0.518. The van der Waals surface area contributed by atoms with Gasteiger partial charge in [0.1, 0.15) is 5.82 Å². The standard InChI is InChI=1S/C24H28F6N6O4/c1-14-4-2-7-36(13-14)22-33-18(23(25,26)27)17(40-22)20(38)32-15-5-6-16(31-12-15)34-8-3-9-35(11-10-34)21(39)19(37)24(28,29)30/h5-6,12,14,19,37H,2-4,7-11,13H2,1H3,(H,32,38). The Hall–Kier alpha value is -3.56. The van der Waals surface area contributed by atoms with Crippen molar-refractivity contribution in [3.63, 3.8) is 0 Å². The van der Waals surface area contributed by atoms with Crippen LogP contribution < -0.4 is 15.1 Å². The first-order valence-corrected chi connectivity index (χ1v) is 12.6. The Morgan fingerprint density at radius 1 is 1.05 bits per heavy atom. The maximum atomic E-state index is 13.6. The van der Waals surface area contributed by atoms with Crippen molar-refractivity contribution >= 4 is 29.3 Å². The highest BCUT2D eigenvalue weighted by molar-refractivity contribution is 6.03. The lowest BCUT2D eigenvalue weighted by Crippen LogP contribution is -2.47. The average Bonchev–Trinajstić information content (AvgIpc) is 3.21. The molecule has 0 bridgehead atoms. The van der Waals surface area contributed by atoms with Crippen molar-refractivity contribution in [2.24, 2.45) is 5.92 Å². The normalized spacial score (nSPS) is 19.8. The van der Waals surface area contributed by atoms with Gasteiger partial charge in [-0.3, -0.25) is 9.59 Å². The number of oxazole rings is 1. The Bertz CT molecular complexity index is 1200. The van der Waals surface area contributed by atoms with Gasteiger partial charge in [-0.05, 0) is 37.3 Å². The third-order valence-corrected chi connectivity index (χ3v) is 6.70. The van der Waals surface area contributed by atoms with Gasteiger partial charge in [-0.1, -0.05) is 6.92 Å². The first-order valence-electron chi connectivity index (χ1n) is 12.6. The van der Waals surface area contributed by atoms with Gasteiger partial charge >= 0.3 is 12.4 Å². The molecule has 0 spiro atoms. The number of aromatic nitrogens is 2. The summed E-state index contributed by atoms with van der Waals surface area (Å²) in [6.07, 6.45) is -9.88. The highest BCUT2D eigenvalue weighted by Gasteiger charge is 2.45. The van der Waals surface area contributed by atoms with Crippen LogP contribution >= 0.6 is 0 Å². The Labute approximate surface area is 224 Å². The van der Waals surface area contributed by atoms with E-state index in [2.05, 4.69) is 15.3 Å². The molecule has 40 heavy (non-hydrogen) atoms. The molecule has 2 amide bonds. The van der Waals surface area contributed by atoms with Crippen LogP contribution in [0.4, 0.5) is 43.9 Å². The van der Waals surface area contributed by atoms with Gasteiger partial charge in [0.15, 0.2) is 5.69 Å². The first kappa shape index (κ1) is 29.4. The number of nitrogens with zero attached hydrogens (tertiary/aromatic N) is 5. The summed E-state index contributed by atoms with van der Waals surface area (Å²) in [5, 5.41) is 11.6. The third kappa shape index (κ3) is 6.77. The molecule has 10 nitrogen and oxygen atoms in total. The molecule has 0 aromatic carbocycles. The molecule has 4 rings (SSSR count). The number of alkyl halides is 6. The molecule has 2 aromatic rings. The van der Waals surface area contributed by atoms with Gasteiger partial charge in [-0.25, -0.2) is 4.98 Å². The minimum Gasteiger partial charge on any atom is -0.417 e. The summed E-state index contributed by atoms with van der Waals surface area (Å²) < 4.78 is 84.3. The van der Waals surface area contributed by atoms with Crippen molar-refractivity contribution in [3.8, 4) is 0 Å². The van der Waals surface area contributed by atoms with Crippen molar-refractivity contribution in [2.75, 3.05) is 54.4 Å². The molecule has 2 aliphatic rings. The zero-order valence-corrected chi connectivity index (χ0v) is 21.4. The van der Waals surface area contributed by atoms with Crippen molar-refractivity contribution in [1.29, 1.82) is 0 Å².